The van der Waals surface area contributed by atoms with Crippen molar-refractivity contribution in [1.29, 1.82) is 0 Å². The molecule has 7 nitrogen and oxygen atoms in total. The zero-order valence-corrected chi connectivity index (χ0v) is 12.7. The predicted molar refractivity (Wildman–Crippen MR) is 81.3 cm³/mol. The fourth-order valence-corrected chi connectivity index (χ4v) is 2.80. The van der Waals surface area contributed by atoms with Crippen LogP contribution in [-0.4, -0.2) is 44.4 Å². The number of rotatable bonds is 2. The molecule has 1 aliphatic rings. The number of hydrogen-bond acceptors (Lipinski definition) is 4. The lowest BCUT2D eigenvalue weighted by Gasteiger charge is -2.30. The Hall–Kier alpha value is -2.44. The number of piperidine rings is 1. The van der Waals surface area contributed by atoms with E-state index in [4.69, 9.17) is 0 Å². The molecule has 3 rings (SSSR count). The summed E-state index contributed by atoms with van der Waals surface area (Å²) < 4.78 is 1.66. The summed E-state index contributed by atoms with van der Waals surface area (Å²) in [5.41, 5.74) is 1.32. The molecule has 0 aliphatic carbocycles. The van der Waals surface area contributed by atoms with E-state index >= 15 is 0 Å². The number of fused-ring (bicyclic) bond motifs is 1. The van der Waals surface area contributed by atoms with Gasteiger partial charge in [-0.1, -0.05) is 0 Å². The minimum Gasteiger partial charge on any atom is -0.343 e. The first-order chi connectivity index (χ1) is 10.5. The maximum atomic E-state index is 12.4. The van der Waals surface area contributed by atoms with Crippen molar-refractivity contribution in [3.8, 4) is 0 Å². The molecular weight excluding hydrogens is 282 g/mol. The molecular formula is C15H19N5O2. The number of pyridine rings is 1. The van der Waals surface area contributed by atoms with Crippen molar-refractivity contribution in [2.45, 2.75) is 26.7 Å². The quantitative estimate of drug-likeness (QED) is 0.905. The van der Waals surface area contributed by atoms with Gasteiger partial charge in [-0.2, -0.15) is 5.10 Å². The van der Waals surface area contributed by atoms with Gasteiger partial charge >= 0.3 is 0 Å². The van der Waals surface area contributed by atoms with Crippen LogP contribution in [0.15, 0.2) is 18.3 Å². The summed E-state index contributed by atoms with van der Waals surface area (Å²) in [7, 11) is 0. The zero-order valence-electron chi connectivity index (χ0n) is 12.7. The number of hydrogen-bond donors (Lipinski definition) is 1. The third-order valence-corrected chi connectivity index (χ3v) is 4.04. The van der Waals surface area contributed by atoms with E-state index in [0.717, 1.165) is 0 Å². The topological polar surface area (TPSA) is 79.6 Å². The van der Waals surface area contributed by atoms with Crippen LogP contribution >= 0.6 is 0 Å². The normalized spacial score (nSPS) is 16.0. The highest BCUT2D eigenvalue weighted by atomic mass is 16.2. The molecule has 7 heteroatoms. The van der Waals surface area contributed by atoms with Gasteiger partial charge in [-0.25, -0.2) is 9.50 Å². The number of aromatic nitrogens is 3. The molecule has 1 N–H and O–H groups in total. The molecule has 2 aromatic rings. The number of carbonyl (C=O) groups excluding carboxylic acids is 2. The van der Waals surface area contributed by atoms with Gasteiger partial charge in [0.15, 0.2) is 5.65 Å². The van der Waals surface area contributed by atoms with Crippen molar-refractivity contribution in [2.75, 3.05) is 18.4 Å². The number of nitrogens with one attached hydrogen (secondary N) is 1. The van der Waals surface area contributed by atoms with Crippen LogP contribution in [0.2, 0.25) is 0 Å². The summed E-state index contributed by atoms with van der Waals surface area (Å²) in [6, 6.07) is 3.65. The van der Waals surface area contributed by atoms with Crippen molar-refractivity contribution in [1.82, 2.24) is 19.5 Å². The van der Waals surface area contributed by atoms with Gasteiger partial charge in [0.1, 0.15) is 5.82 Å². The maximum Gasteiger partial charge on any atom is 0.227 e. The Labute approximate surface area is 128 Å². The molecule has 0 aromatic carbocycles. The Morgan fingerprint density at radius 1 is 1.32 bits per heavy atom. The number of aryl methyl sites for hydroxylation is 1. The monoisotopic (exact) mass is 301 g/mol. The highest BCUT2D eigenvalue weighted by molar-refractivity contribution is 5.95. The molecule has 2 aromatic heterocycles. The average Bonchev–Trinajstić information content (AvgIpc) is 2.88. The first-order valence-corrected chi connectivity index (χ1v) is 7.43. The molecule has 116 valence electrons. The van der Waals surface area contributed by atoms with Crippen LogP contribution in [0.5, 0.6) is 0 Å². The minimum absolute atomic E-state index is 0.0167. The molecule has 1 fully saturated rings. The second-order valence-corrected chi connectivity index (χ2v) is 5.62. The summed E-state index contributed by atoms with van der Waals surface area (Å²) >= 11 is 0. The van der Waals surface area contributed by atoms with Crippen LogP contribution in [0.1, 0.15) is 25.6 Å². The molecule has 2 amide bonds. The lowest BCUT2D eigenvalue weighted by atomic mass is 9.96. The first kappa shape index (κ1) is 14.5. The predicted octanol–water partition coefficient (Wildman–Crippen LogP) is 1.23. The van der Waals surface area contributed by atoms with Crippen molar-refractivity contribution in [2.24, 2.45) is 5.92 Å². The van der Waals surface area contributed by atoms with Gasteiger partial charge in [-0.05, 0) is 31.9 Å². The highest BCUT2D eigenvalue weighted by Gasteiger charge is 2.26. The smallest absolute Gasteiger partial charge is 0.227 e. The lowest BCUT2D eigenvalue weighted by molar-refractivity contribution is -0.132. The van der Waals surface area contributed by atoms with Crippen molar-refractivity contribution >= 4 is 23.1 Å². The van der Waals surface area contributed by atoms with E-state index in [0.29, 0.717) is 43.1 Å². The Morgan fingerprint density at radius 2 is 2.05 bits per heavy atom. The van der Waals surface area contributed by atoms with Gasteiger partial charge in [0.05, 0.1) is 5.69 Å². The van der Waals surface area contributed by atoms with Crippen LogP contribution in [0.4, 0.5) is 5.69 Å². The van der Waals surface area contributed by atoms with Gasteiger partial charge in [0.25, 0.3) is 0 Å². The Balaban J connectivity index is 1.70. The molecule has 0 spiro atoms. The van der Waals surface area contributed by atoms with E-state index < -0.39 is 0 Å². The fraction of sp³-hybridized carbons (Fsp3) is 0.467. The number of nitrogens with zero attached hydrogens (tertiary/aromatic N) is 4. The Bertz CT molecular complexity index is 716. The third-order valence-electron chi connectivity index (χ3n) is 4.04. The highest BCUT2D eigenvalue weighted by Crippen LogP contribution is 2.21. The van der Waals surface area contributed by atoms with Crippen LogP contribution in [-0.2, 0) is 9.59 Å². The van der Waals surface area contributed by atoms with Crippen LogP contribution < -0.4 is 5.32 Å². The largest absolute Gasteiger partial charge is 0.343 e. The van der Waals surface area contributed by atoms with Gasteiger partial charge in [-0.3, -0.25) is 9.59 Å². The van der Waals surface area contributed by atoms with E-state index in [2.05, 4.69) is 15.4 Å². The molecule has 1 saturated heterocycles. The average molecular weight is 301 g/mol. The van der Waals surface area contributed by atoms with E-state index in [1.165, 1.54) is 0 Å². The molecule has 0 atom stereocenters. The Kier molecular flexibility index (Phi) is 3.79. The Morgan fingerprint density at radius 3 is 2.73 bits per heavy atom. The summed E-state index contributed by atoms with van der Waals surface area (Å²) in [4.78, 5) is 29.9. The van der Waals surface area contributed by atoms with Crippen molar-refractivity contribution in [3.63, 3.8) is 0 Å². The number of amides is 2. The third kappa shape index (κ3) is 2.79. The van der Waals surface area contributed by atoms with Crippen LogP contribution in [0.25, 0.3) is 5.65 Å². The second kappa shape index (κ2) is 5.75. The summed E-state index contributed by atoms with van der Waals surface area (Å²) in [6.07, 6.45) is 3.19. The number of carbonyl (C=O) groups is 2. The molecule has 0 unspecified atom stereocenters. The lowest BCUT2D eigenvalue weighted by Crippen LogP contribution is -2.40. The SMILES string of the molecule is CC(=O)N1CCC(C(=O)Nc2cccn3nc(C)nc23)CC1. The van der Waals surface area contributed by atoms with E-state index in [-0.39, 0.29) is 17.7 Å². The van der Waals surface area contributed by atoms with Gasteiger partial charge in [0, 0.05) is 32.1 Å². The minimum atomic E-state index is -0.0696. The first-order valence-electron chi connectivity index (χ1n) is 7.43. The summed E-state index contributed by atoms with van der Waals surface area (Å²) in [5, 5.41) is 7.18. The number of likely N-dealkylation sites (tertiary alicyclic amines) is 1. The fourth-order valence-electron chi connectivity index (χ4n) is 2.80. The van der Waals surface area contributed by atoms with Crippen LogP contribution in [0.3, 0.4) is 0 Å². The van der Waals surface area contributed by atoms with E-state index in [9.17, 15) is 9.59 Å². The molecule has 0 saturated carbocycles. The molecule has 22 heavy (non-hydrogen) atoms. The van der Waals surface area contributed by atoms with Crippen LogP contribution in [0, 0.1) is 12.8 Å². The number of anilines is 1. The van der Waals surface area contributed by atoms with Crippen molar-refractivity contribution in [3.05, 3.63) is 24.2 Å². The standard InChI is InChI=1S/C15H19N5O2/c1-10-16-14-13(4-3-7-20(14)18-10)17-15(22)12-5-8-19(9-6-12)11(2)21/h3-4,7,12H,5-6,8-9H2,1-2H3,(H,17,22). The second-order valence-electron chi connectivity index (χ2n) is 5.62. The maximum absolute atomic E-state index is 12.4. The molecule has 1 aliphatic heterocycles. The zero-order chi connectivity index (χ0) is 15.7. The van der Waals surface area contributed by atoms with Gasteiger partial charge < -0.3 is 10.2 Å². The van der Waals surface area contributed by atoms with Gasteiger partial charge in [-0.15, -0.1) is 0 Å². The molecule has 3 heterocycles. The van der Waals surface area contributed by atoms with Gasteiger partial charge in [0.2, 0.25) is 11.8 Å². The van der Waals surface area contributed by atoms with E-state index in [1.807, 2.05) is 19.1 Å². The summed E-state index contributed by atoms with van der Waals surface area (Å²) in [6.45, 7) is 4.66. The summed E-state index contributed by atoms with van der Waals surface area (Å²) in [5.74, 6) is 0.649. The van der Waals surface area contributed by atoms with Crippen molar-refractivity contribution < 1.29 is 9.59 Å². The molecule has 0 radical (unpaired) electrons. The van der Waals surface area contributed by atoms with E-state index in [1.54, 1.807) is 22.5 Å². The molecule has 0 bridgehead atoms.